The number of aliphatic hydroxyl groups is 1. The predicted octanol–water partition coefficient (Wildman–Crippen LogP) is -0.122. The molecule has 0 spiro atoms. The Morgan fingerprint density at radius 1 is 1.58 bits per heavy atom. The summed E-state index contributed by atoms with van der Waals surface area (Å²) in [5.74, 6) is 0. The normalized spacial score (nSPS) is 42.0. The van der Waals surface area contributed by atoms with Gasteiger partial charge in [-0.2, -0.15) is 0 Å². The monoisotopic (exact) mass is 197 g/mol. The van der Waals surface area contributed by atoms with E-state index >= 15 is 0 Å². The van der Waals surface area contributed by atoms with Crippen LogP contribution >= 0.6 is 12.4 Å². The fourth-order valence-electron chi connectivity index (χ4n) is 1.24. The van der Waals surface area contributed by atoms with E-state index in [1.165, 1.54) is 0 Å². The van der Waals surface area contributed by atoms with Gasteiger partial charge in [-0.15, -0.1) is 12.4 Å². The third-order valence-corrected chi connectivity index (χ3v) is 2.01. The molecular formula is C7H16ClNO3. The fourth-order valence-corrected chi connectivity index (χ4v) is 1.24. The molecule has 5 heteroatoms. The smallest absolute Gasteiger partial charge is 0.159 e. The van der Waals surface area contributed by atoms with E-state index in [2.05, 4.69) is 0 Å². The Kier molecular flexibility index (Phi) is 5.04. The molecule has 0 saturated carbocycles. The molecule has 0 amide bonds. The summed E-state index contributed by atoms with van der Waals surface area (Å²) in [6.07, 6.45) is -0.504. The second-order valence-corrected chi connectivity index (χ2v) is 2.90. The minimum Gasteiger partial charge on any atom is -0.389 e. The maximum atomic E-state index is 9.35. The SMILES string of the molecule is CO[C@@H]1C[C@H](N)[C@@H](O)[C@H](C)O1.Cl. The summed E-state index contributed by atoms with van der Waals surface area (Å²) in [5.41, 5.74) is 5.62. The Hall–Kier alpha value is 0.130. The first-order valence-corrected chi connectivity index (χ1v) is 3.77. The van der Waals surface area contributed by atoms with Crippen molar-refractivity contribution in [1.29, 1.82) is 0 Å². The summed E-state index contributed by atoms with van der Waals surface area (Å²) >= 11 is 0. The Labute approximate surface area is 78.4 Å². The molecule has 1 aliphatic heterocycles. The molecule has 1 rings (SSSR count). The van der Waals surface area contributed by atoms with Crippen LogP contribution in [0.4, 0.5) is 0 Å². The van der Waals surface area contributed by atoms with Crippen molar-refractivity contribution in [3.8, 4) is 0 Å². The molecule has 0 aromatic carbocycles. The van der Waals surface area contributed by atoms with E-state index in [-0.39, 0.29) is 30.8 Å². The molecule has 74 valence electrons. The molecule has 12 heavy (non-hydrogen) atoms. The Morgan fingerprint density at radius 3 is 2.58 bits per heavy atom. The third-order valence-electron chi connectivity index (χ3n) is 2.01. The number of rotatable bonds is 1. The van der Waals surface area contributed by atoms with Gasteiger partial charge in [-0.25, -0.2) is 0 Å². The molecule has 1 fully saturated rings. The summed E-state index contributed by atoms with van der Waals surface area (Å²) in [5, 5.41) is 9.35. The largest absolute Gasteiger partial charge is 0.389 e. The summed E-state index contributed by atoms with van der Waals surface area (Å²) in [4.78, 5) is 0. The lowest BCUT2D eigenvalue weighted by Crippen LogP contribution is -2.51. The van der Waals surface area contributed by atoms with Crippen molar-refractivity contribution in [2.45, 2.75) is 37.9 Å². The highest BCUT2D eigenvalue weighted by Gasteiger charge is 2.32. The summed E-state index contributed by atoms with van der Waals surface area (Å²) in [7, 11) is 1.57. The maximum Gasteiger partial charge on any atom is 0.159 e. The number of hydrogen-bond acceptors (Lipinski definition) is 4. The van der Waals surface area contributed by atoms with E-state index in [9.17, 15) is 5.11 Å². The van der Waals surface area contributed by atoms with E-state index in [1.807, 2.05) is 0 Å². The summed E-state index contributed by atoms with van der Waals surface area (Å²) in [6.45, 7) is 1.79. The maximum absolute atomic E-state index is 9.35. The number of ether oxygens (including phenoxy) is 2. The number of nitrogens with two attached hydrogens (primary N) is 1. The summed E-state index contributed by atoms with van der Waals surface area (Å²) in [6, 6.07) is -0.233. The van der Waals surface area contributed by atoms with Crippen molar-refractivity contribution >= 4 is 12.4 Å². The molecule has 0 unspecified atom stereocenters. The van der Waals surface area contributed by atoms with Crippen LogP contribution < -0.4 is 5.73 Å². The van der Waals surface area contributed by atoms with Crippen LogP contribution in [0.5, 0.6) is 0 Å². The highest BCUT2D eigenvalue weighted by atomic mass is 35.5. The first-order valence-electron chi connectivity index (χ1n) is 3.77. The molecule has 1 saturated heterocycles. The van der Waals surface area contributed by atoms with Gasteiger partial charge in [0.2, 0.25) is 0 Å². The molecule has 1 aliphatic rings. The molecule has 4 atom stereocenters. The predicted molar refractivity (Wildman–Crippen MR) is 47.2 cm³/mol. The highest BCUT2D eigenvalue weighted by Crippen LogP contribution is 2.18. The minimum absolute atomic E-state index is 0. The van der Waals surface area contributed by atoms with Gasteiger partial charge in [0, 0.05) is 19.6 Å². The van der Waals surface area contributed by atoms with Gasteiger partial charge >= 0.3 is 0 Å². The van der Waals surface area contributed by atoms with Crippen molar-refractivity contribution in [2.75, 3.05) is 7.11 Å². The average Bonchev–Trinajstić information content (AvgIpc) is 1.99. The Bertz CT molecular complexity index is 124. The van der Waals surface area contributed by atoms with Crippen LogP contribution in [0.3, 0.4) is 0 Å². The topological polar surface area (TPSA) is 64.7 Å². The molecule has 0 aromatic heterocycles. The first-order chi connectivity index (χ1) is 5.15. The first kappa shape index (κ1) is 12.1. The number of aliphatic hydroxyl groups excluding tert-OH is 1. The van der Waals surface area contributed by atoms with Gasteiger partial charge in [-0.3, -0.25) is 0 Å². The van der Waals surface area contributed by atoms with E-state index in [0.717, 1.165) is 0 Å². The zero-order valence-corrected chi connectivity index (χ0v) is 8.08. The van der Waals surface area contributed by atoms with Crippen molar-refractivity contribution in [2.24, 2.45) is 5.73 Å². The van der Waals surface area contributed by atoms with Gasteiger partial charge < -0.3 is 20.3 Å². The second-order valence-electron chi connectivity index (χ2n) is 2.90. The third kappa shape index (κ3) is 2.57. The van der Waals surface area contributed by atoms with Gasteiger partial charge in [-0.05, 0) is 6.92 Å². The lowest BCUT2D eigenvalue weighted by atomic mass is 10.0. The molecular weight excluding hydrogens is 182 g/mol. The van der Waals surface area contributed by atoms with Gasteiger partial charge in [0.1, 0.15) is 0 Å². The zero-order valence-electron chi connectivity index (χ0n) is 7.27. The number of halogens is 1. The van der Waals surface area contributed by atoms with Crippen molar-refractivity contribution in [3.63, 3.8) is 0 Å². The average molecular weight is 198 g/mol. The Morgan fingerprint density at radius 2 is 2.17 bits per heavy atom. The molecule has 1 heterocycles. The molecule has 3 N–H and O–H groups in total. The Balaban J connectivity index is 0.00000121. The van der Waals surface area contributed by atoms with Gasteiger partial charge in [0.15, 0.2) is 6.29 Å². The van der Waals surface area contributed by atoms with Crippen LogP contribution in [0.25, 0.3) is 0 Å². The number of methoxy groups -OCH3 is 1. The molecule has 0 radical (unpaired) electrons. The molecule has 4 nitrogen and oxygen atoms in total. The van der Waals surface area contributed by atoms with Crippen LogP contribution in [0, 0.1) is 0 Å². The van der Waals surface area contributed by atoms with Gasteiger partial charge in [0.05, 0.1) is 12.2 Å². The van der Waals surface area contributed by atoms with Crippen LogP contribution in [-0.4, -0.2) is 36.8 Å². The second kappa shape index (κ2) is 4.99. The van der Waals surface area contributed by atoms with E-state index < -0.39 is 6.10 Å². The highest BCUT2D eigenvalue weighted by molar-refractivity contribution is 5.85. The van der Waals surface area contributed by atoms with Crippen molar-refractivity contribution in [1.82, 2.24) is 0 Å². The fraction of sp³-hybridized carbons (Fsp3) is 1.00. The van der Waals surface area contributed by atoms with E-state index in [1.54, 1.807) is 14.0 Å². The minimum atomic E-state index is -0.568. The van der Waals surface area contributed by atoms with Crippen molar-refractivity contribution < 1.29 is 14.6 Å². The van der Waals surface area contributed by atoms with Crippen LogP contribution in [0.15, 0.2) is 0 Å². The van der Waals surface area contributed by atoms with E-state index in [0.29, 0.717) is 6.42 Å². The zero-order chi connectivity index (χ0) is 8.43. The van der Waals surface area contributed by atoms with E-state index in [4.69, 9.17) is 15.2 Å². The number of hydrogen-bond donors (Lipinski definition) is 2. The van der Waals surface area contributed by atoms with Crippen molar-refractivity contribution in [3.05, 3.63) is 0 Å². The van der Waals surface area contributed by atoms with Crippen LogP contribution in [-0.2, 0) is 9.47 Å². The van der Waals surface area contributed by atoms with Gasteiger partial charge in [-0.1, -0.05) is 0 Å². The summed E-state index contributed by atoms with van der Waals surface area (Å²) < 4.78 is 10.2. The molecule has 0 bridgehead atoms. The standard InChI is InChI=1S/C7H15NO3.ClH/c1-4-7(9)5(8)3-6(10-2)11-4;/h4-7,9H,3,8H2,1-2H3;1H/t4-,5-,6-,7-;/m0./s1. The van der Waals surface area contributed by atoms with Crippen LogP contribution in [0.1, 0.15) is 13.3 Å². The van der Waals surface area contributed by atoms with Crippen LogP contribution in [0.2, 0.25) is 0 Å². The molecule has 0 aliphatic carbocycles. The lowest BCUT2D eigenvalue weighted by Gasteiger charge is -2.35. The quantitative estimate of drug-likeness (QED) is 0.615. The lowest BCUT2D eigenvalue weighted by molar-refractivity contribution is -0.211. The van der Waals surface area contributed by atoms with Gasteiger partial charge in [0.25, 0.3) is 0 Å². The molecule has 0 aromatic rings.